The standard InChI is InChI=1S/C20H19FN4O2/c1-27-13-18(26)24-10-11-25-17(12-24)19(14-6-8-22-9-7-14)20(23-25)15-2-4-16(21)5-3-15/h2-9H,10-13H2,1H3. The highest BCUT2D eigenvalue weighted by Gasteiger charge is 2.27. The number of fused-ring (bicyclic) bond motifs is 1. The Labute approximate surface area is 156 Å². The molecule has 1 aromatic carbocycles. The number of methoxy groups -OCH3 is 1. The van der Waals surface area contributed by atoms with Crippen LogP contribution in [0.3, 0.4) is 0 Å². The molecule has 27 heavy (non-hydrogen) atoms. The van der Waals surface area contributed by atoms with E-state index in [0.717, 1.165) is 28.1 Å². The van der Waals surface area contributed by atoms with Crippen molar-refractivity contribution in [2.24, 2.45) is 0 Å². The van der Waals surface area contributed by atoms with E-state index in [2.05, 4.69) is 4.98 Å². The van der Waals surface area contributed by atoms with E-state index in [4.69, 9.17) is 9.84 Å². The lowest BCUT2D eigenvalue weighted by molar-refractivity contribution is -0.136. The van der Waals surface area contributed by atoms with Crippen LogP contribution in [-0.2, 0) is 22.6 Å². The first-order valence-electron chi connectivity index (χ1n) is 8.70. The van der Waals surface area contributed by atoms with Crippen molar-refractivity contribution in [2.75, 3.05) is 20.3 Å². The van der Waals surface area contributed by atoms with Crippen LogP contribution in [0.4, 0.5) is 4.39 Å². The number of carbonyl (C=O) groups is 1. The Morgan fingerprint density at radius 2 is 1.85 bits per heavy atom. The molecule has 7 heteroatoms. The molecule has 4 rings (SSSR count). The molecular formula is C20H19FN4O2. The molecule has 0 fully saturated rings. The van der Waals surface area contributed by atoms with Crippen molar-refractivity contribution in [1.29, 1.82) is 0 Å². The average molecular weight is 366 g/mol. The number of halogens is 1. The lowest BCUT2D eigenvalue weighted by Gasteiger charge is -2.28. The lowest BCUT2D eigenvalue weighted by atomic mass is 9.99. The zero-order valence-electron chi connectivity index (χ0n) is 14.9. The molecule has 0 spiro atoms. The molecular weight excluding hydrogens is 347 g/mol. The molecule has 0 unspecified atom stereocenters. The molecule has 0 atom stereocenters. The quantitative estimate of drug-likeness (QED) is 0.712. The van der Waals surface area contributed by atoms with Crippen molar-refractivity contribution < 1.29 is 13.9 Å². The molecule has 2 aromatic heterocycles. The van der Waals surface area contributed by atoms with Crippen molar-refractivity contribution in [2.45, 2.75) is 13.1 Å². The van der Waals surface area contributed by atoms with E-state index in [-0.39, 0.29) is 18.3 Å². The fraction of sp³-hybridized carbons (Fsp3) is 0.250. The maximum absolute atomic E-state index is 13.4. The molecule has 3 heterocycles. The SMILES string of the molecule is COCC(=O)N1CCn2nc(-c3ccc(F)cc3)c(-c3ccncc3)c2C1. The number of carbonyl (C=O) groups excluding carboxylic acids is 1. The number of benzene rings is 1. The van der Waals surface area contributed by atoms with E-state index in [1.54, 1.807) is 29.4 Å². The Balaban J connectivity index is 1.82. The highest BCUT2D eigenvalue weighted by Crippen LogP contribution is 2.36. The van der Waals surface area contributed by atoms with Crippen LogP contribution in [0.15, 0.2) is 48.8 Å². The van der Waals surface area contributed by atoms with E-state index in [0.29, 0.717) is 19.6 Å². The van der Waals surface area contributed by atoms with Gasteiger partial charge in [-0.15, -0.1) is 0 Å². The van der Waals surface area contributed by atoms with Crippen LogP contribution in [0.5, 0.6) is 0 Å². The van der Waals surface area contributed by atoms with Crippen molar-refractivity contribution in [1.82, 2.24) is 19.7 Å². The summed E-state index contributed by atoms with van der Waals surface area (Å²) in [6.07, 6.45) is 3.45. The number of aromatic nitrogens is 3. The number of pyridine rings is 1. The third kappa shape index (κ3) is 3.33. The Morgan fingerprint density at radius 1 is 1.11 bits per heavy atom. The summed E-state index contributed by atoms with van der Waals surface area (Å²) in [6, 6.07) is 10.1. The van der Waals surface area contributed by atoms with Crippen LogP contribution >= 0.6 is 0 Å². The number of hydrogen-bond donors (Lipinski definition) is 0. The van der Waals surface area contributed by atoms with E-state index in [9.17, 15) is 9.18 Å². The molecule has 0 bridgehead atoms. The van der Waals surface area contributed by atoms with Crippen molar-refractivity contribution in [3.8, 4) is 22.4 Å². The van der Waals surface area contributed by atoms with Crippen LogP contribution in [0.2, 0.25) is 0 Å². The fourth-order valence-corrected chi connectivity index (χ4v) is 3.38. The van der Waals surface area contributed by atoms with Crippen molar-refractivity contribution >= 4 is 5.91 Å². The molecule has 0 saturated carbocycles. The molecule has 0 radical (unpaired) electrons. The molecule has 0 N–H and O–H groups in total. The second-order valence-electron chi connectivity index (χ2n) is 6.38. The maximum Gasteiger partial charge on any atom is 0.248 e. The summed E-state index contributed by atoms with van der Waals surface area (Å²) in [6.45, 7) is 1.69. The number of hydrogen-bond acceptors (Lipinski definition) is 4. The topological polar surface area (TPSA) is 60.2 Å². The Morgan fingerprint density at radius 3 is 2.56 bits per heavy atom. The summed E-state index contributed by atoms with van der Waals surface area (Å²) in [5.41, 5.74) is 4.47. The monoisotopic (exact) mass is 366 g/mol. The maximum atomic E-state index is 13.4. The number of ether oxygens (including phenoxy) is 1. The zero-order valence-corrected chi connectivity index (χ0v) is 14.9. The predicted octanol–water partition coefficient (Wildman–Crippen LogP) is 2.74. The van der Waals surface area contributed by atoms with Gasteiger partial charge in [-0.1, -0.05) is 0 Å². The molecule has 0 saturated heterocycles. The van der Waals surface area contributed by atoms with Gasteiger partial charge in [-0.25, -0.2) is 4.39 Å². The first-order chi connectivity index (χ1) is 13.2. The minimum Gasteiger partial charge on any atom is -0.375 e. The van der Waals surface area contributed by atoms with Gasteiger partial charge in [0.25, 0.3) is 0 Å². The molecule has 0 aliphatic carbocycles. The summed E-state index contributed by atoms with van der Waals surface area (Å²) in [5, 5.41) is 4.77. The summed E-state index contributed by atoms with van der Waals surface area (Å²) < 4.78 is 20.3. The van der Waals surface area contributed by atoms with Gasteiger partial charge < -0.3 is 9.64 Å². The summed E-state index contributed by atoms with van der Waals surface area (Å²) >= 11 is 0. The van der Waals surface area contributed by atoms with Crippen LogP contribution < -0.4 is 0 Å². The van der Waals surface area contributed by atoms with E-state index in [1.165, 1.54) is 19.2 Å². The molecule has 1 aliphatic rings. The third-order valence-corrected chi connectivity index (χ3v) is 4.69. The highest BCUT2D eigenvalue weighted by molar-refractivity contribution is 5.84. The minimum absolute atomic E-state index is 0.0473. The number of rotatable bonds is 4. The van der Waals surface area contributed by atoms with Gasteiger partial charge in [0.05, 0.1) is 18.8 Å². The molecule has 6 nitrogen and oxygen atoms in total. The molecule has 1 amide bonds. The van der Waals surface area contributed by atoms with Gasteiger partial charge in [0, 0.05) is 37.2 Å². The van der Waals surface area contributed by atoms with Gasteiger partial charge in [-0.3, -0.25) is 14.5 Å². The van der Waals surface area contributed by atoms with E-state index < -0.39 is 0 Å². The Hall–Kier alpha value is -3.06. The highest BCUT2D eigenvalue weighted by atomic mass is 19.1. The summed E-state index contributed by atoms with van der Waals surface area (Å²) in [4.78, 5) is 18.2. The second-order valence-corrected chi connectivity index (χ2v) is 6.38. The van der Waals surface area contributed by atoms with Crippen LogP contribution in [0, 0.1) is 5.82 Å². The van der Waals surface area contributed by atoms with E-state index in [1.807, 2.05) is 16.8 Å². The van der Waals surface area contributed by atoms with E-state index >= 15 is 0 Å². The summed E-state index contributed by atoms with van der Waals surface area (Å²) in [7, 11) is 1.52. The second kappa shape index (κ2) is 7.28. The Kier molecular flexibility index (Phi) is 4.68. The normalized spacial score (nSPS) is 13.5. The molecule has 138 valence electrons. The fourth-order valence-electron chi connectivity index (χ4n) is 3.38. The molecule has 3 aromatic rings. The van der Waals surface area contributed by atoms with Crippen LogP contribution in [-0.4, -0.2) is 45.8 Å². The smallest absolute Gasteiger partial charge is 0.248 e. The van der Waals surface area contributed by atoms with Gasteiger partial charge in [0.1, 0.15) is 18.1 Å². The Bertz CT molecular complexity index is 954. The van der Waals surface area contributed by atoms with Crippen LogP contribution in [0.1, 0.15) is 5.69 Å². The lowest BCUT2D eigenvalue weighted by Crippen LogP contribution is -2.40. The molecule has 1 aliphatic heterocycles. The van der Waals surface area contributed by atoms with Gasteiger partial charge in [0.15, 0.2) is 0 Å². The van der Waals surface area contributed by atoms with Crippen molar-refractivity contribution in [3.05, 3.63) is 60.3 Å². The summed E-state index contributed by atoms with van der Waals surface area (Å²) in [5.74, 6) is -0.335. The first kappa shape index (κ1) is 17.4. The predicted molar refractivity (Wildman–Crippen MR) is 98.1 cm³/mol. The third-order valence-electron chi connectivity index (χ3n) is 4.69. The first-order valence-corrected chi connectivity index (χ1v) is 8.70. The van der Waals surface area contributed by atoms with Crippen molar-refractivity contribution in [3.63, 3.8) is 0 Å². The zero-order chi connectivity index (χ0) is 18.8. The number of nitrogens with zero attached hydrogens (tertiary/aromatic N) is 4. The van der Waals surface area contributed by atoms with Gasteiger partial charge in [-0.05, 0) is 42.0 Å². The average Bonchev–Trinajstić information content (AvgIpc) is 3.08. The van der Waals surface area contributed by atoms with Gasteiger partial charge >= 0.3 is 0 Å². The minimum atomic E-state index is -0.287. The van der Waals surface area contributed by atoms with Crippen LogP contribution in [0.25, 0.3) is 22.4 Å². The largest absolute Gasteiger partial charge is 0.375 e. The van der Waals surface area contributed by atoms with Gasteiger partial charge in [-0.2, -0.15) is 5.10 Å². The number of amides is 1. The van der Waals surface area contributed by atoms with Gasteiger partial charge in [0.2, 0.25) is 5.91 Å².